The van der Waals surface area contributed by atoms with Crippen molar-refractivity contribution in [1.82, 2.24) is 15.1 Å². The zero-order valence-corrected chi connectivity index (χ0v) is 11.4. The number of rotatable bonds is 8. The molecule has 1 aromatic heterocycles. The standard InChI is InChI=1S/C13H25N3O/c1-5-12(4)16-8-6-13(15-16)10-14-7-9-17-11(2)3/h6,8,11-12,14H,5,7,9-10H2,1-4H3. The van der Waals surface area contributed by atoms with E-state index >= 15 is 0 Å². The van der Waals surface area contributed by atoms with Crippen LogP contribution in [-0.2, 0) is 11.3 Å². The van der Waals surface area contributed by atoms with E-state index in [1.165, 1.54) is 0 Å². The topological polar surface area (TPSA) is 39.1 Å². The van der Waals surface area contributed by atoms with Crippen LogP contribution in [0.2, 0.25) is 0 Å². The summed E-state index contributed by atoms with van der Waals surface area (Å²) in [5, 5.41) is 7.85. The molecule has 1 aromatic rings. The highest BCUT2D eigenvalue weighted by molar-refractivity contribution is 4.99. The van der Waals surface area contributed by atoms with Crippen LogP contribution in [0.3, 0.4) is 0 Å². The monoisotopic (exact) mass is 239 g/mol. The quantitative estimate of drug-likeness (QED) is 0.708. The van der Waals surface area contributed by atoms with Gasteiger partial charge in [0.1, 0.15) is 0 Å². The number of ether oxygens (including phenoxy) is 1. The third-order valence-corrected chi connectivity index (χ3v) is 2.74. The highest BCUT2D eigenvalue weighted by Gasteiger charge is 2.03. The summed E-state index contributed by atoms with van der Waals surface area (Å²) in [6.07, 6.45) is 3.47. The summed E-state index contributed by atoms with van der Waals surface area (Å²) in [6.45, 7) is 10.9. The summed E-state index contributed by atoms with van der Waals surface area (Å²) in [5.41, 5.74) is 1.09. The first-order valence-electron chi connectivity index (χ1n) is 6.49. The van der Waals surface area contributed by atoms with Gasteiger partial charge < -0.3 is 10.1 Å². The highest BCUT2D eigenvalue weighted by atomic mass is 16.5. The first kappa shape index (κ1) is 14.2. The lowest BCUT2D eigenvalue weighted by molar-refractivity contribution is 0.0806. The predicted octanol–water partition coefficient (Wildman–Crippen LogP) is 2.37. The van der Waals surface area contributed by atoms with Crippen molar-refractivity contribution in [1.29, 1.82) is 0 Å². The van der Waals surface area contributed by atoms with Gasteiger partial charge in [0.05, 0.1) is 18.4 Å². The van der Waals surface area contributed by atoms with E-state index in [4.69, 9.17) is 4.74 Å². The molecular formula is C13H25N3O. The maximum absolute atomic E-state index is 5.45. The minimum Gasteiger partial charge on any atom is -0.377 e. The van der Waals surface area contributed by atoms with Gasteiger partial charge in [-0.3, -0.25) is 4.68 Å². The molecule has 1 unspecified atom stereocenters. The third kappa shape index (κ3) is 5.33. The van der Waals surface area contributed by atoms with E-state index in [0.717, 1.165) is 31.8 Å². The van der Waals surface area contributed by atoms with Crippen molar-refractivity contribution in [2.45, 2.75) is 52.8 Å². The van der Waals surface area contributed by atoms with Gasteiger partial charge in [-0.1, -0.05) is 6.92 Å². The van der Waals surface area contributed by atoms with E-state index in [0.29, 0.717) is 12.1 Å². The first-order valence-corrected chi connectivity index (χ1v) is 6.49. The molecule has 0 aliphatic carbocycles. The molecular weight excluding hydrogens is 214 g/mol. The zero-order chi connectivity index (χ0) is 12.7. The molecule has 0 saturated carbocycles. The van der Waals surface area contributed by atoms with Crippen LogP contribution in [-0.4, -0.2) is 29.0 Å². The Labute approximate surface area is 104 Å². The molecule has 4 heteroatoms. The largest absolute Gasteiger partial charge is 0.377 e. The van der Waals surface area contributed by atoms with Crippen molar-refractivity contribution >= 4 is 0 Å². The lowest BCUT2D eigenvalue weighted by Crippen LogP contribution is -2.21. The molecule has 17 heavy (non-hydrogen) atoms. The minimum absolute atomic E-state index is 0.307. The molecule has 0 aromatic carbocycles. The van der Waals surface area contributed by atoms with Gasteiger partial charge in [0.25, 0.3) is 0 Å². The molecule has 0 aliphatic rings. The van der Waals surface area contributed by atoms with Crippen LogP contribution < -0.4 is 5.32 Å². The Morgan fingerprint density at radius 1 is 1.41 bits per heavy atom. The van der Waals surface area contributed by atoms with Gasteiger partial charge in [-0.2, -0.15) is 5.10 Å². The highest BCUT2D eigenvalue weighted by Crippen LogP contribution is 2.08. The van der Waals surface area contributed by atoms with Crippen molar-refractivity contribution in [2.24, 2.45) is 0 Å². The summed E-state index contributed by atoms with van der Waals surface area (Å²) in [6, 6.07) is 2.55. The van der Waals surface area contributed by atoms with Crippen LogP contribution >= 0.6 is 0 Å². The minimum atomic E-state index is 0.307. The van der Waals surface area contributed by atoms with E-state index in [-0.39, 0.29) is 0 Å². The first-order chi connectivity index (χ1) is 8.13. The number of hydrogen-bond acceptors (Lipinski definition) is 3. The maximum Gasteiger partial charge on any atom is 0.0762 e. The molecule has 1 heterocycles. The Kier molecular flexibility index (Phi) is 6.22. The van der Waals surface area contributed by atoms with Crippen molar-refractivity contribution in [3.8, 4) is 0 Å². The molecule has 1 atom stereocenters. The Balaban J connectivity index is 2.21. The lowest BCUT2D eigenvalue weighted by Gasteiger charge is -2.09. The van der Waals surface area contributed by atoms with Crippen LogP contribution in [0.1, 0.15) is 45.9 Å². The Bertz CT molecular complexity index is 309. The smallest absolute Gasteiger partial charge is 0.0762 e. The second-order valence-corrected chi connectivity index (χ2v) is 4.64. The summed E-state index contributed by atoms with van der Waals surface area (Å²) in [4.78, 5) is 0. The molecule has 1 rings (SSSR count). The van der Waals surface area contributed by atoms with Gasteiger partial charge in [0.15, 0.2) is 0 Å². The van der Waals surface area contributed by atoms with E-state index in [1.807, 2.05) is 18.5 Å². The van der Waals surface area contributed by atoms with E-state index in [1.54, 1.807) is 0 Å². The van der Waals surface area contributed by atoms with Crippen molar-refractivity contribution in [2.75, 3.05) is 13.2 Å². The fourth-order valence-electron chi connectivity index (χ4n) is 1.49. The second kappa shape index (κ2) is 7.45. The zero-order valence-electron chi connectivity index (χ0n) is 11.4. The van der Waals surface area contributed by atoms with Gasteiger partial charge in [0.2, 0.25) is 0 Å². The lowest BCUT2D eigenvalue weighted by atomic mass is 10.3. The van der Waals surface area contributed by atoms with Crippen molar-refractivity contribution in [3.05, 3.63) is 18.0 Å². The predicted molar refractivity (Wildman–Crippen MR) is 70.0 cm³/mol. The Hall–Kier alpha value is -0.870. The molecule has 0 spiro atoms. The summed E-state index contributed by atoms with van der Waals surface area (Å²) >= 11 is 0. The van der Waals surface area contributed by atoms with Gasteiger partial charge in [-0.15, -0.1) is 0 Å². The molecule has 0 amide bonds. The van der Waals surface area contributed by atoms with Gasteiger partial charge >= 0.3 is 0 Å². The molecule has 1 N–H and O–H groups in total. The normalized spacial score (nSPS) is 13.2. The van der Waals surface area contributed by atoms with Crippen LogP contribution in [0.15, 0.2) is 12.3 Å². The molecule has 0 bridgehead atoms. The van der Waals surface area contributed by atoms with E-state index in [9.17, 15) is 0 Å². The van der Waals surface area contributed by atoms with E-state index in [2.05, 4.69) is 36.5 Å². The fraction of sp³-hybridized carbons (Fsp3) is 0.769. The molecule has 0 radical (unpaired) electrons. The number of aromatic nitrogens is 2. The average Bonchev–Trinajstić information content (AvgIpc) is 2.76. The van der Waals surface area contributed by atoms with Gasteiger partial charge in [0, 0.05) is 25.3 Å². The van der Waals surface area contributed by atoms with Crippen LogP contribution in [0, 0.1) is 0 Å². The Morgan fingerprint density at radius 3 is 2.82 bits per heavy atom. The SMILES string of the molecule is CCC(C)n1ccc(CNCCOC(C)C)n1. The van der Waals surface area contributed by atoms with Gasteiger partial charge in [-0.05, 0) is 33.3 Å². The Morgan fingerprint density at radius 2 is 2.18 bits per heavy atom. The summed E-state index contributed by atoms with van der Waals surface area (Å²) in [7, 11) is 0. The average molecular weight is 239 g/mol. The molecule has 0 aliphatic heterocycles. The van der Waals surface area contributed by atoms with Gasteiger partial charge in [-0.25, -0.2) is 0 Å². The number of nitrogens with zero attached hydrogens (tertiary/aromatic N) is 2. The van der Waals surface area contributed by atoms with Crippen molar-refractivity contribution < 1.29 is 4.74 Å². The third-order valence-electron chi connectivity index (χ3n) is 2.74. The number of nitrogens with one attached hydrogen (secondary N) is 1. The maximum atomic E-state index is 5.45. The fourth-order valence-corrected chi connectivity index (χ4v) is 1.49. The second-order valence-electron chi connectivity index (χ2n) is 4.64. The molecule has 0 fully saturated rings. The van der Waals surface area contributed by atoms with Crippen molar-refractivity contribution in [3.63, 3.8) is 0 Å². The van der Waals surface area contributed by atoms with Crippen LogP contribution in [0.5, 0.6) is 0 Å². The van der Waals surface area contributed by atoms with E-state index < -0.39 is 0 Å². The molecule has 98 valence electrons. The summed E-state index contributed by atoms with van der Waals surface area (Å²) in [5.74, 6) is 0. The number of hydrogen-bond donors (Lipinski definition) is 1. The summed E-state index contributed by atoms with van der Waals surface area (Å²) < 4.78 is 7.48. The molecule has 4 nitrogen and oxygen atoms in total. The molecule has 0 saturated heterocycles. The van der Waals surface area contributed by atoms with Crippen LogP contribution in [0.4, 0.5) is 0 Å². The van der Waals surface area contributed by atoms with Crippen LogP contribution in [0.25, 0.3) is 0 Å².